The fourth-order valence-corrected chi connectivity index (χ4v) is 2.22. The Hall–Kier alpha value is -0.860. The third-order valence-electron chi connectivity index (χ3n) is 2.99. The van der Waals surface area contributed by atoms with Crippen molar-refractivity contribution >= 4 is 0 Å². The van der Waals surface area contributed by atoms with E-state index in [0.29, 0.717) is 6.04 Å². The minimum absolute atomic E-state index is 0.429. The van der Waals surface area contributed by atoms with Gasteiger partial charge in [0.1, 0.15) is 0 Å². The predicted octanol–water partition coefficient (Wildman–Crippen LogP) is 1.78. The van der Waals surface area contributed by atoms with Gasteiger partial charge in [0.05, 0.1) is 0 Å². The maximum absolute atomic E-state index is 5.84. The summed E-state index contributed by atoms with van der Waals surface area (Å²) < 4.78 is 0. The first-order valence-corrected chi connectivity index (χ1v) is 5.41. The van der Waals surface area contributed by atoms with Crippen molar-refractivity contribution in [3.05, 3.63) is 35.9 Å². The lowest BCUT2D eigenvalue weighted by Gasteiger charge is -2.26. The third-order valence-corrected chi connectivity index (χ3v) is 2.99. The molecule has 1 aliphatic heterocycles. The van der Waals surface area contributed by atoms with Crippen molar-refractivity contribution < 1.29 is 0 Å². The molecule has 0 unspecified atom stereocenters. The smallest absolute Gasteiger partial charge is 0.0470 e. The second kappa shape index (κ2) is 4.58. The molecular weight excluding hydrogens is 172 g/mol. The van der Waals surface area contributed by atoms with E-state index in [4.69, 9.17) is 5.73 Å². The molecule has 2 N–H and O–H groups in total. The Kier molecular flexibility index (Phi) is 3.17. The highest BCUT2D eigenvalue weighted by Crippen LogP contribution is 2.23. The van der Waals surface area contributed by atoms with Crippen LogP contribution in [0.5, 0.6) is 0 Å². The van der Waals surface area contributed by atoms with Gasteiger partial charge in [0.15, 0.2) is 0 Å². The summed E-state index contributed by atoms with van der Waals surface area (Å²) in [5.41, 5.74) is 7.20. The normalized spacial score (nSPS) is 19.8. The topological polar surface area (TPSA) is 29.3 Å². The van der Waals surface area contributed by atoms with Gasteiger partial charge in [0.2, 0.25) is 0 Å². The molecule has 0 aromatic heterocycles. The van der Waals surface area contributed by atoms with Crippen LogP contribution in [-0.4, -0.2) is 24.5 Å². The fraction of sp³-hybridized carbons (Fsp3) is 0.500. The molecule has 0 aliphatic carbocycles. The van der Waals surface area contributed by atoms with Crippen molar-refractivity contribution in [2.24, 2.45) is 5.73 Å². The Balaban J connectivity index is 2.12. The predicted molar refractivity (Wildman–Crippen MR) is 59.0 cm³/mol. The monoisotopic (exact) mass is 190 g/mol. The van der Waals surface area contributed by atoms with Crippen LogP contribution in [0.3, 0.4) is 0 Å². The molecule has 0 radical (unpaired) electrons. The summed E-state index contributed by atoms with van der Waals surface area (Å²) in [7, 11) is 0. The number of hydrogen-bond acceptors (Lipinski definition) is 2. The molecule has 1 aromatic carbocycles. The molecule has 1 saturated heterocycles. The number of likely N-dealkylation sites (tertiary alicyclic amines) is 1. The van der Waals surface area contributed by atoms with Gasteiger partial charge in [0.25, 0.3) is 0 Å². The standard InChI is InChI=1S/C12H18N2/c13-10-12(14-8-4-5-9-14)11-6-2-1-3-7-11/h1-3,6-7,12H,4-5,8-10,13H2/t12-/m0/s1. The van der Waals surface area contributed by atoms with Gasteiger partial charge in [-0.1, -0.05) is 30.3 Å². The lowest BCUT2D eigenvalue weighted by molar-refractivity contribution is 0.251. The molecule has 1 heterocycles. The number of benzene rings is 1. The molecule has 1 aliphatic rings. The van der Waals surface area contributed by atoms with E-state index in [1.807, 2.05) is 0 Å². The maximum Gasteiger partial charge on any atom is 0.0470 e. The number of rotatable bonds is 3. The van der Waals surface area contributed by atoms with E-state index in [0.717, 1.165) is 6.54 Å². The molecule has 2 rings (SSSR count). The van der Waals surface area contributed by atoms with Crippen LogP contribution in [0.15, 0.2) is 30.3 Å². The molecule has 1 aromatic rings. The van der Waals surface area contributed by atoms with E-state index in [1.54, 1.807) is 0 Å². The van der Waals surface area contributed by atoms with Crippen LogP contribution in [0.4, 0.5) is 0 Å². The fourth-order valence-electron chi connectivity index (χ4n) is 2.22. The summed E-state index contributed by atoms with van der Waals surface area (Å²) in [6, 6.07) is 11.0. The van der Waals surface area contributed by atoms with Crippen LogP contribution in [0.25, 0.3) is 0 Å². The first-order valence-electron chi connectivity index (χ1n) is 5.41. The summed E-state index contributed by atoms with van der Waals surface area (Å²) in [4.78, 5) is 2.50. The number of nitrogens with two attached hydrogens (primary N) is 1. The molecule has 2 nitrogen and oxygen atoms in total. The van der Waals surface area contributed by atoms with Crippen molar-refractivity contribution in [2.45, 2.75) is 18.9 Å². The van der Waals surface area contributed by atoms with E-state index in [-0.39, 0.29) is 0 Å². The minimum atomic E-state index is 0.429. The lowest BCUT2D eigenvalue weighted by atomic mass is 10.1. The zero-order valence-corrected chi connectivity index (χ0v) is 8.52. The Morgan fingerprint density at radius 1 is 1.14 bits per heavy atom. The molecule has 2 heteroatoms. The van der Waals surface area contributed by atoms with Crippen LogP contribution >= 0.6 is 0 Å². The summed E-state index contributed by atoms with van der Waals surface area (Å²) in [5, 5.41) is 0. The Morgan fingerprint density at radius 3 is 2.36 bits per heavy atom. The van der Waals surface area contributed by atoms with Gasteiger partial charge in [-0.05, 0) is 31.5 Å². The van der Waals surface area contributed by atoms with Crippen molar-refractivity contribution in [1.82, 2.24) is 4.90 Å². The van der Waals surface area contributed by atoms with E-state index >= 15 is 0 Å². The van der Waals surface area contributed by atoms with Crippen LogP contribution in [0.2, 0.25) is 0 Å². The molecule has 0 bridgehead atoms. The summed E-state index contributed by atoms with van der Waals surface area (Å²) >= 11 is 0. The van der Waals surface area contributed by atoms with Crippen molar-refractivity contribution in [1.29, 1.82) is 0 Å². The second-order valence-corrected chi connectivity index (χ2v) is 3.91. The van der Waals surface area contributed by atoms with Crippen LogP contribution < -0.4 is 5.73 Å². The molecule has 1 fully saturated rings. The molecule has 0 amide bonds. The molecule has 0 saturated carbocycles. The van der Waals surface area contributed by atoms with Gasteiger partial charge in [-0.15, -0.1) is 0 Å². The van der Waals surface area contributed by atoms with E-state index in [2.05, 4.69) is 35.2 Å². The van der Waals surface area contributed by atoms with Gasteiger partial charge in [-0.2, -0.15) is 0 Å². The van der Waals surface area contributed by atoms with E-state index in [9.17, 15) is 0 Å². The van der Waals surface area contributed by atoms with Crippen molar-refractivity contribution in [3.63, 3.8) is 0 Å². The van der Waals surface area contributed by atoms with Crippen LogP contribution in [-0.2, 0) is 0 Å². The van der Waals surface area contributed by atoms with Crippen molar-refractivity contribution in [2.75, 3.05) is 19.6 Å². The quantitative estimate of drug-likeness (QED) is 0.787. The zero-order valence-electron chi connectivity index (χ0n) is 8.52. The van der Waals surface area contributed by atoms with Gasteiger partial charge in [-0.25, -0.2) is 0 Å². The largest absolute Gasteiger partial charge is 0.329 e. The Labute approximate surface area is 85.7 Å². The maximum atomic E-state index is 5.84. The summed E-state index contributed by atoms with van der Waals surface area (Å²) in [6.45, 7) is 3.14. The molecule has 1 atom stereocenters. The highest BCUT2D eigenvalue weighted by atomic mass is 15.2. The average Bonchev–Trinajstić information content (AvgIpc) is 2.74. The van der Waals surface area contributed by atoms with Gasteiger partial charge in [0, 0.05) is 12.6 Å². The summed E-state index contributed by atoms with van der Waals surface area (Å²) in [6.07, 6.45) is 2.65. The highest BCUT2D eigenvalue weighted by Gasteiger charge is 2.21. The lowest BCUT2D eigenvalue weighted by Crippen LogP contribution is -2.31. The number of hydrogen-bond donors (Lipinski definition) is 1. The Morgan fingerprint density at radius 2 is 1.79 bits per heavy atom. The molecule has 76 valence electrons. The van der Waals surface area contributed by atoms with Crippen molar-refractivity contribution in [3.8, 4) is 0 Å². The minimum Gasteiger partial charge on any atom is -0.329 e. The molecule has 14 heavy (non-hydrogen) atoms. The van der Waals surface area contributed by atoms with Gasteiger partial charge < -0.3 is 5.73 Å². The Bertz CT molecular complexity index is 265. The first kappa shape index (κ1) is 9.69. The zero-order chi connectivity index (χ0) is 9.80. The van der Waals surface area contributed by atoms with Gasteiger partial charge in [-0.3, -0.25) is 4.90 Å². The van der Waals surface area contributed by atoms with Crippen LogP contribution in [0.1, 0.15) is 24.4 Å². The average molecular weight is 190 g/mol. The van der Waals surface area contributed by atoms with Crippen LogP contribution in [0, 0.1) is 0 Å². The highest BCUT2D eigenvalue weighted by molar-refractivity contribution is 5.19. The molecular formula is C12H18N2. The second-order valence-electron chi connectivity index (χ2n) is 3.91. The molecule has 0 spiro atoms. The van der Waals surface area contributed by atoms with E-state index in [1.165, 1.54) is 31.5 Å². The first-order chi connectivity index (χ1) is 6.92. The van der Waals surface area contributed by atoms with Gasteiger partial charge >= 0.3 is 0 Å². The summed E-state index contributed by atoms with van der Waals surface area (Å²) in [5.74, 6) is 0. The number of nitrogens with zero attached hydrogens (tertiary/aromatic N) is 1. The van der Waals surface area contributed by atoms with E-state index < -0.39 is 0 Å². The SMILES string of the molecule is NC[C@@H](c1ccccc1)N1CCCC1. The third kappa shape index (κ3) is 1.97.